The highest BCUT2D eigenvalue weighted by atomic mass is 35.5. The van der Waals surface area contributed by atoms with Gasteiger partial charge in [0.15, 0.2) is 6.23 Å². The van der Waals surface area contributed by atoms with Crippen LogP contribution >= 0.6 is 22.9 Å². The van der Waals surface area contributed by atoms with Gasteiger partial charge in [-0.2, -0.15) is 0 Å². The first-order chi connectivity index (χ1) is 19.9. The normalized spacial score (nSPS) is 23.6. The predicted molar refractivity (Wildman–Crippen MR) is 165 cm³/mol. The molecule has 8 N–H and O–H groups in total. The van der Waals surface area contributed by atoms with Gasteiger partial charge < -0.3 is 31.5 Å². The minimum absolute atomic E-state index is 0.0808. The number of nitrogens with two attached hydrogens (primary N) is 1. The maximum absolute atomic E-state index is 13.2. The van der Waals surface area contributed by atoms with Crippen LogP contribution in [-0.4, -0.2) is 63.0 Å². The topological polar surface area (TPSA) is 177 Å². The molecule has 1 aliphatic heterocycles. The number of allylic oxidation sites excluding steroid dienone is 3. The third-order valence-electron chi connectivity index (χ3n) is 8.19. The molecule has 13 heteroatoms. The lowest BCUT2D eigenvalue weighted by Crippen LogP contribution is -2.57. The molecular formula is C29H46ClN7O4S. The molecule has 234 valence electrons. The summed E-state index contributed by atoms with van der Waals surface area (Å²) in [6.07, 6.45) is 5.02. The second kappa shape index (κ2) is 15.8. The van der Waals surface area contributed by atoms with E-state index in [-0.39, 0.29) is 23.4 Å². The van der Waals surface area contributed by atoms with Gasteiger partial charge in [-0.1, -0.05) is 39.3 Å². The Morgan fingerprint density at radius 2 is 1.98 bits per heavy atom. The number of fused-ring (bicyclic) bond motifs is 1. The van der Waals surface area contributed by atoms with E-state index in [9.17, 15) is 19.8 Å². The summed E-state index contributed by atoms with van der Waals surface area (Å²) in [6, 6.07) is -0.885. The molecule has 1 saturated carbocycles. The van der Waals surface area contributed by atoms with E-state index < -0.39 is 30.4 Å². The van der Waals surface area contributed by atoms with E-state index in [0.717, 1.165) is 10.6 Å². The molecule has 6 atom stereocenters. The van der Waals surface area contributed by atoms with Crippen LogP contribution in [0.5, 0.6) is 0 Å². The Balaban J connectivity index is 1.72. The minimum atomic E-state index is -1.60. The van der Waals surface area contributed by atoms with Crippen molar-refractivity contribution in [3.8, 4) is 0 Å². The van der Waals surface area contributed by atoms with Crippen molar-refractivity contribution in [1.82, 2.24) is 25.8 Å². The summed E-state index contributed by atoms with van der Waals surface area (Å²) in [7, 11) is 0. The minimum Gasteiger partial charge on any atom is -0.385 e. The van der Waals surface area contributed by atoms with Gasteiger partial charge in [-0.05, 0) is 49.7 Å². The zero-order valence-electron chi connectivity index (χ0n) is 24.9. The van der Waals surface area contributed by atoms with E-state index in [0.29, 0.717) is 67.6 Å². The van der Waals surface area contributed by atoms with Crippen molar-refractivity contribution in [3.63, 3.8) is 0 Å². The number of nitrogens with zero attached hydrogens (tertiary/aromatic N) is 2. The fourth-order valence-electron chi connectivity index (χ4n) is 5.11. The Hall–Kier alpha value is -2.51. The van der Waals surface area contributed by atoms with E-state index in [1.54, 1.807) is 6.08 Å². The molecule has 1 aliphatic carbocycles. The molecule has 2 aliphatic rings. The zero-order valence-corrected chi connectivity index (χ0v) is 26.5. The van der Waals surface area contributed by atoms with Crippen LogP contribution in [0.15, 0.2) is 23.0 Å². The first-order valence-corrected chi connectivity index (χ1v) is 15.9. The summed E-state index contributed by atoms with van der Waals surface area (Å²) in [5.74, 6) is 0.0540. The van der Waals surface area contributed by atoms with Crippen molar-refractivity contribution in [2.24, 2.45) is 23.5 Å². The van der Waals surface area contributed by atoms with Crippen LogP contribution in [0.25, 0.3) is 0 Å². The SMILES string of the molecule is CC/C(Cl)=C\C=C(/N)NC(O)C(=O)N[C@H]1CC[C@H](C(=O)CC(C)C(C)C)C[C@H]1NC(O)c1nc2c(s1)CN(C=N)CC2. The summed E-state index contributed by atoms with van der Waals surface area (Å²) in [6.45, 7) is 9.47. The van der Waals surface area contributed by atoms with E-state index in [1.165, 1.54) is 23.8 Å². The van der Waals surface area contributed by atoms with Crippen molar-refractivity contribution in [2.75, 3.05) is 6.54 Å². The van der Waals surface area contributed by atoms with Gasteiger partial charge in [0.05, 0.1) is 24.4 Å². The number of thiazole rings is 1. The first-order valence-electron chi connectivity index (χ1n) is 14.7. The molecule has 1 aromatic heterocycles. The Labute approximate surface area is 257 Å². The second-order valence-electron chi connectivity index (χ2n) is 11.6. The van der Waals surface area contributed by atoms with E-state index >= 15 is 0 Å². The standard InChI is InChI=1S/C29H46ClN7O4S/c1-5-19(30)7-9-25(32)36-27(40)26(39)33-20-8-6-18(23(38)12-17(4)16(2)3)13-22(20)34-28(41)29-35-21-10-11-37(15-31)14-24(21)42-29/h7,9,15-18,20,22,27-28,31,34,36,40-41H,5-6,8,10-14,32H2,1-4H3,(H,33,39)/b19-7+,25-9+,31-15?/t17?,18-,20-,22+,27?,28?/m0/s1. The molecule has 1 fully saturated rings. The van der Waals surface area contributed by atoms with Crippen LogP contribution in [0.3, 0.4) is 0 Å². The summed E-state index contributed by atoms with van der Waals surface area (Å²) in [5, 5.41) is 38.9. The number of ketones is 1. The van der Waals surface area contributed by atoms with Crippen LogP contribution in [0.4, 0.5) is 0 Å². The predicted octanol–water partition coefficient (Wildman–Crippen LogP) is 2.83. The lowest BCUT2D eigenvalue weighted by atomic mass is 9.77. The van der Waals surface area contributed by atoms with E-state index in [2.05, 4.69) is 41.7 Å². The highest BCUT2D eigenvalue weighted by Gasteiger charge is 2.37. The summed E-state index contributed by atoms with van der Waals surface area (Å²) >= 11 is 7.38. The van der Waals surface area contributed by atoms with Crippen LogP contribution in [0.1, 0.15) is 81.6 Å². The maximum Gasteiger partial charge on any atom is 0.270 e. The van der Waals surface area contributed by atoms with Gasteiger partial charge in [-0.3, -0.25) is 20.3 Å². The molecule has 1 amide bonds. The number of halogens is 1. The van der Waals surface area contributed by atoms with Crippen molar-refractivity contribution in [3.05, 3.63) is 38.6 Å². The lowest BCUT2D eigenvalue weighted by Gasteiger charge is -2.38. The molecular weight excluding hydrogens is 578 g/mol. The number of carbonyl (C=O) groups is 2. The van der Waals surface area contributed by atoms with Gasteiger partial charge >= 0.3 is 0 Å². The largest absolute Gasteiger partial charge is 0.385 e. The summed E-state index contributed by atoms with van der Waals surface area (Å²) < 4.78 is 0. The van der Waals surface area contributed by atoms with Crippen LogP contribution < -0.4 is 21.7 Å². The molecule has 0 spiro atoms. The van der Waals surface area contributed by atoms with Crippen molar-refractivity contribution < 1.29 is 19.8 Å². The number of aliphatic hydroxyl groups excluding tert-OH is 2. The fourth-order valence-corrected chi connectivity index (χ4v) is 6.25. The zero-order chi connectivity index (χ0) is 31.0. The molecule has 1 aromatic rings. The summed E-state index contributed by atoms with van der Waals surface area (Å²) in [4.78, 5) is 33.7. The van der Waals surface area contributed by atoms with Gasteiger partial charge in [0, 0.05) is 47.3 Å². The number of hydrogen-bond donors (Lipinski definition) is 7. The van der Waals surface area contributed by atoms with E-state index in [1.807, 2.05) is 11.8 Å². The van der Waals surface area contributed by atoms with Gasteiger partial charge in [0.2, 0.25) is 6.23 Å². The number of nitrogens with one attached hydrogen (secondary N) is 4. The molecule has 0 bridgehead atoms. The third-order valence-corrected chi connectivity index (χ3v) is 9.72. The smallest absolute Gasteiger partial charge is 0.270 e. The van der Waals surface area contributed by atoms with Gasteiger partial charge in [-0.25, -0.2) is 4.98 Å². The number of carbonyl (C=O) groups excluding carboxylic acids is 2. The average Bonchev–Trinajstić information content (AvgIpc) is 3.40. The monoisotopic (exact) mass is 623 g/mol. The Bertz CT molecular complexity index is 1160. The Kier molecular flexibility index (Phi) is 12.8. The number of aliphatic hydroxyl groups is 2. The molecule has 0 saturated heterocycles. The molecule has 0 aromatic carbocycles. The molecule has 42 heavy (non-hydrogen) atoms. The lowest BCUT2D eigenvalue weighted by molar-refractivity contribution is -0.132. The van der Waals surface area contributed by atoms with Crippen LogP contribution in [-0.2, 0) is 22.6 Å². The fraction of sp³-hybridized carbons (Fsp3) is 0.655. The molecule has 3 unspecified atom stereocenters. The van der Waals surface area contributed by atoms with Gasteiger partial charge in [-0.15, -0.1) is 11.3 Å². The van der Waals surface area contributed by atoms with Crippen molar-refractivity contribution >= 4 is 41.0 Å². The highest BCUT2D eigenvalue weighted by molar-refractivity contribution is 7.11. The quantitative estimate of drug-likeness (QED) is 0.0710. The first kappa shape index (κ1) is 34.0. The molecule has 3 rings (SSSR count). The second-order valence-corrected chi connectivity index (χ2v) is 13.2. The van der Waals surface area contributed by atoms with Crippen molar-refractivity contribution in [2.45, 2.75) is 97.3 Å². The number of hydrogen-bond acceptors (Lipinski definition) is 10. The summed E-state index contributed by atoms with van der Waals surface area (Å²) in [5.41, 5.74) is 6.80. The highest BCUT2D eigenvalue weighted by Crippen LogP contribution is 2.32. The van der Waals surface area contributed by atoms with Crippen LogP contribution in [0.2, 0.25) is 0 Å². The number of amides is 1. The average molecular weight is 624 g/mol. The van der Waals surface area contributed by atoms with Gasteiger partial charge in [0.25, 0.3) is 5.91 Å². The number of Topliss-reactive ketones (excluding diaryl/α,β-unsaturated/α-hetero) is 1. The molecule has 2 heterocycles. The van der Waals surface area contributed by atoms with Crippen LogP contribution in [0, 0.1) is 23.2 Å². The number of aromatic nitrogens is 1. The molecule has 11 nitrogen and oxygen atoms in total. The number of rotatable bonds is 14. The Morgan fingerprint density at radius 1 is 1.24 bits per heavy atom. The Morgan fingerprint density at radius 3 is 2.64 bits per heavy atom. The van der Waals surface area contributed by atoms with E-state index in [4.69, 9.17) is 22.7 Å². The molecule has 0 radical (unpaired) electrons. The van der Waals surface area contributed by atoms with Gasteiger partial charge in [0.1, 0.15) is 10.8 Å². The van der Waals surface area contributed by atoms with Crippen molar-refractivity contribution in [1.29, 1.82) is 5.41 Å². The third kappa shape index (κ3) is 9.50. The maximum atomic E-state index is 13.2.